The van der Waals surface area contributed by atoms with Crippen molar-refractivity contribution in [2.45, 2.75) is 48.9 Å². The SMILES string of the molecule is CC(=O)C(O)(CC(=O)[O-])C([C@@]1(c2c[nH]c(=O)[nH]c2=O)O[C@H](CO)[C@@H](O)[C@H]1O)[N+](C)(C)C. The minimum atomic E-state index is -2.76. The number of aromatic nitrogens is 2. The monoisotopic (exact) mass is 445 g/mol. The fraction of sp³-hybridized carbons (Fsp3) is 0.667. The number of Topliss-reactive ketones (excluding diaryl/α,β-unsaturated/α-hetero) is 1. The van der Waals surface area contributed by atoms with E-state index in [1.807, 2.05) is 4.98 Å². The molecule has 1 aliphatic heterocycles. The second kappa shape index (κ2) is 8.26. The standard InChI is InChI=1S/C18H27N3O10/c1-8(23)17(30,5-11(24)25)15(21(2,3)4)18(9-6-19-16(29)20-14(9)28)13(27)12(26)10(7-22)31-18/h6,10,12-13,15,22,26-27,30H,5,7H2,1-4H3,(H2-,19,20,24,25,28,29)/t10-,12-,13-,15?,17?,18+/m1/s1. The van der Waals surface area contributed by atoms with Gasteiger partial charge in [0.25, 0.3) is 5.56 Å². The molecule has 31 heavy (non-hydrogen) atoms. The van der Waals surface area contributed by atoms with E-state index in [4.69, 9.17) is 4.74 Å². The van der Waals surface area contributed by atoms with Gasteiger partial charge in [0.1, 0.15) is 18.3 Å². The molecular formula is C18H27N3O10. The number of nitrogens with zero attached hydrogens (tertiary/aromatic N) is 1. The Morgan fingerprint density at radius 3 is 2.29 bits per heavy atom. The number of aromatic amines is 2. The number of rotatable bonds is 8. The van der Waals surface area contributed by atoms with Crippen molar-refractivity contribution in [2.24, 2.45) is 0 Å². The average molecular weight is 445 g/mol. The second-order valence-electron chi connectivity index (χ2n) is 8.60. The maximum Gasteiger partial charge on any atom is 0.325 e. The van der Waals surface area contributed by atoms with Gasteiger partial charge in [-0.05, 0) is 6.92 Å². The number of carbonyl (C=O) groups is 2. The molecule has 1 aromatic heterocycles. The minimum Gasteiger partial charge on any atom is -0.550 e. The van der Waals surface area contributed by atoms with Gasteiger partial charge < -0.3 is 44.5 Å². The van der Waals surface area contributed by atoms with E-state index in [0.29, 0.717) is 0 Å². The molecule has 0 spiro atoms. The normalized spacial score (nSPS) is 29.4. The van der Waals surface area contributed by atoms with E-state index in [0.717, 1.165) is 13.1 Å². The lowest BCUT2D eigenvalue weighted by atomic mass is 9.70. The first kappa shape index (κ1) is 24.8. The van der Waals surface area contributed by atoms with Crippen molar-refractivity contribution in [1.82, 2.24) is 9.97 Å². The highest BCUT2D eigenvalue weighted by Gasteiger charge is 2.70. The number of aliphatic hydroxyl groups excluding tert-OH is 3. The Balaban J connectivity index is 3.00. The number of aliphatic carboxylic acids is 1. The number of carboxylic acids is 1. The quantitative estimate of drug-likeness (QED) is 0.209. The molecule has 2 heterocycles. The van der Waals surface area contributed by atoms with Crippen LogP contribution >= 0.6 is 0 Å². The number of H-pyrrole nitrogens is 2. The maximum atomic E-state index is 12.7. The lowest BCUT2D eigenvalue weighted by molar-refractivity contribution is -0.912. The molecule has 2 unspecified atom stereocenters. The molecule has 0 bridgehead atoms. The Morgan fingerprint density at radius 2 is 1.90 bits per heavy atom. The van der Waals surface area contributed by atoms with Crippen LogP contribution in [-0.4, -0.2) is 104 Å². The van der Waals surface area contributed by atoms with Crippen molar-refractivity contribution in [3.05, 3.63) is 32.6 Å². The second-order valence-corrected chi connectivity index (χ2v) is 8.60. The van der Waals surface area contributed by atoms with Crippen molar-refractivity contribution < 1.29 is 44.3 Å². The molecule has 1 saturated heterocycles. The highest BCUT2D eigenvalue weighted by molar-refractivity contribution is 5.89. The summed E-state index contributed by atoms with van der Waals surface area (Å²) in [5, 5.41) is 53.9. The molecule has 174 valence electrons. The number of aliphatic hydroxyl groups is 4. The van der Waals surface area contributed by atoms with E-state index in [2.05, 4.69) is 4.98 Å². The van der Waals surface area contributed by atoms with Crippen molar-refractivity contribution >= 4 is 11.8 Å². The Labute approximate surface area is 176 Å². The van der Waals surface area contributed by atoms with Gasteiger partial charge in [-0.25, -0.2) is 4.79 Å². The molecule has 13 nitrogen and oxygen atoms in total. The topological polar surface area (TPSA) is 213 Å². The third kappa shape index (κ3) is 4.07. The molecule has 13 heteroatoms. The first-order chi connectivity index (χ1) is 14.1. The van der Waals surface area contributed by atoms with Gasteiger partial charge in [0.05, 0.1) is 33.3 Å². The number of hydrogen-bond acceptors (Lipinski definition) is 10. The van der Waals surface area contributed by atoms with E-state index < -0.39 is 81.6 Å². The summed E-state index contributed by atoms with van der Waals surface area (Å²) in [6.45, 7) is 0.0990. The third-order valence-electron chi connectivity index (χ3n) is 5.57. The molecular weight excluding hydrogens is 418 g/mol. The average Bonchev–Trinajstić information content (AvgIpc) is 2.85. The molecule has 0 amide bonds. The van der Waals surface area contributed by atoms with Crippen molar-refractivity contribution in [3.63, 3.8) is 0 Å². The highest BCUT2D eigenvalue weighted by atomic mass is 16.6. The van der Waals surface area contributed by atoms with Crippen LogP contribution in [0.1, 0.15) is 18.9 Å². The van der Waals surface area contributed by atoms with Gasteiger partial charge in [-0.15, -0.1) is 0 Å². The zero-order valence-electron chi connectivity index (χ0n) is 17.5. The lowest BCUT2D eigenvalue weighted by Gasteiger charge is -2.51. The fourth-order valence-electron chi connectivity index (χ4n) is 4.49. The Morgan fingerprint density at radius 1 is 1.32 bits per heavy atom. The number of quaternary nitrogens is 1. The zero-order chi connectivity index (χ0) is 23.9. The van der Waals surface area contributed by atoms with E-state index >= 15 is 0 Å². The summed E-state index contributed by atoms with van der Waals surface area (Å²) in [5.41, 5.74) is -7.67. The maximum absolute atomic E-state index is 12.7. The van der Waals surface area contributed by atoms with Crippen molar-refractivity contribution in [3.8, 4) is 0 Å². The zero-order valence-corrected chi connectivity index (χ0v) is 17.5. The molecule has 2 rings (SSSR count). The largest absolute Gasteiger partial charge is 0.550 e. The summed E-state index contributed by atoms with van der Waals surface area (Å²) in [6, 6.07) is -1.73. The van der Waals surface area contributed by atoms with Gasteiger partial charge in [-0.2, -0.15) is 0 Å². The summed E-state index contributed by atoms with van der Waals surface area (Å²) in [5.74, 6) is -2.83. The number of ketones is 1. The number of hydrogen-bond donors (Lipinski definition) is 6. The van der Waals surface area contributed by atoms with Gasteiger partial charge in [-0.3, -0.25) is 14.6 Å². The minimum absolute atomic E-state index is 0.455. The van der Waals surface area contributed by atoms with Crippen LogP contribution in [0.3, 0.4) is 0 Å². The highest BCUT2D eigenvalue weighted by Crippen LogP contribution is 2.48. The molecule has 1 aromatic rings. The summed E-state index contributed by atoms with van der Waals surface area (Å²) < 4.78 is 5.31. The van der Waals surface area contributed by atoms with Crippen LogP contribution in [0, 0.1) is 0 Å². The number of nitrogens with one attached hydrogen (secondary N) is 2. The van der Waals surface area contributed by atoms with Crippen LogP contribution in [0.5, 0.6) is 0 Å². The van der Waals surface area contributed by atoms with E-state index in [9.17, 15) is 44.7 Å². The number of carbonyl (C=O) groups excluding carboxylic acids is 2. The molecule has 1 aliphatic rings. The Hall–Kier alpha value is -2.42. The summed E-state index contributed by atoms with van der Waals surface area (Å²) in [6.07, 6.45) is -5.62. The Kier molecular flexibility index (Phi) is 6.62. The van der Waals surface area contributed by atoms with E-state index in [-0.39, 0.29) is 0 Å². The fourth-order valence-corrected chi connectivity index (χ4v) is 4.49. The van der Waals surface area contributed by atoms with Crippen LogP contribution in [0.2, 0.25) is 0 Å². The molecule has 0 radical (unpaired) electrons. The predicted octanol–water partition coefficient (Wildman–Crippen LogP) is -5.09. The summed E-state index contributed by atoms with van der Waals surface area (Å²) in [7, 11) is 4.30. The molecule has 6 atom stereocenters. The molecule has 6 N–H and O–H groups in total. The van der Waals surface area contributed by atoms with E-state index in [1.54, 1.807) is 0 Å². The van der Waals surface area contributed by atoms with Gasteiger partial charge in [0.15, 0.2) is 23.0 Å². The molecule has 0 aliphatic carbocycles. The van der Waals surface area contributed by atoms with Gasteiger partial charge in [0.2, 0.25) is 0 Å². The summed E-state index contributed by atoms with van der Waals surface area (Å²) in [4.78, 5) is 52.4. The van der Waals surface area contributed by atoms with E-state index in [1.165, 1.54) is 21.1 Å². The summed E-state index contributed by atoms with van der Waals surface area (Å²) >= 11 is 0. The number of carboxylic acid groups (broad SMARTS) is 1. The van der Waals surface area contributed by atoms with Crippen molar-refractivity contribution in [2.75, 3.05) is 27.7 Å². The Bertz CT molecular complexity index is 966. The smallest absolute Gasteiger partial charge is 0.325 e. The molecule has 0 saturated carbocycles. The van der Waals surface area contributed by atoms with Crippen LogP contribution in [0.4, 0.5) is 0 Å². The van der Waals surface area contributed by atoms with Crippen LogP contribution in [-0.2, 0) is 19.9 Å². The number of likely N-dealkylation sites (N-methyl/N-ethyl adjacent to an activating group) is 1. The number of ether oxygens (including phenoxy) is 1. The van der Waals surface area contributed by atoms with Crippen LogP contribution < -0.4 is 16.4 Å². The van der Waals surface area contributed by atoms with Crippen molar-refractivity contribution in [1.29, 1.82) is 0 Å². The van der Waals surface area contributed by atoms with Gasteiger partial charge in [-0.1, -0.05) is 0 Å². The lowest BCUT2D eigenvalue weighted by Crippen LogP contribution is -2.74. The van der Waals surface area contributed by atoms with Gasteiger partial charge >= 0.3 is 5.69 Å². The van der Waals surface area contributed by atoms with Crippen LogP contribution in [0.25, 0.3) is 0 Å². The first-order valence-electron chi connectivity index (χ1n) is 9.34. The molecule has 1 fully saturated rings. The predicted molar refractivity (Wildman–Crippen MR) is 100 cm³/mol. The third-order valence-corrected chi connectivity index (χ3v) is 5.57. The molecule has 0 aromatic carbocycles. The first-order valence-corrected chi connectivity index (χ1v) is 9.34. The van der Waals surface area contributed by atoms with Gasteiger partial charge in [0, 0.05) is 18.6 Å². The van der Waals surface area contributed by atoms with Crippen LogP contribution in [0.15, 0.2) is 15.8 Å².